The average Bonchev–Trinajstić information content (AvgIpc) is 2.65. The largest absolute Gasteiger partial charge is 0.300 e. The summed E-state index contributed by atoms with van der Waals surface area (Å²) in [7, 11) is 0. The van der Waals surface area contributed by atoms with Crippen LogP contribution in [0.15, 0.2) is 60.7 Å². The number of Topliss-reactive ketones (excluding diaryl/α,β-unsaturated/α-hetero) is 2. The molecule has 2 aromatic rings. The van der Waals surface area contributed by atoms with Crippen LogP contribution in [0.1, 0.15) is 49.0 Å². The Kier molecular flexibility index (Phi) is 6.09. The van der Waals surface area contributed by atoms with Gasteiger partial charge in [-0.25, -0.2) is 0 Å². The van der Waals surface area contributed by atoms with Crippen molar-refractivity contribution < 1.29 is 9.59 Å². The van der Waals surface area contributed by atoms with Crippen LogP contribution in [0.3, 0.4) is 0 Å². The van der Waals surface area contributed by atoms with E-state index in [1.807, 2.05) is 62.4 Å². The molecular weight excluding hydrogens is 296 g/mol. The van der Waals surface area contributed by atoms with E-state index in [1.54, 1.807) is 12.1 Å². The lowest BCUT2D eigenvalue weighted by Gasteiger charge is -2.22. The lowest BCUT2D eigenvalue weighted by atomic mass is 9.78. The summed E-state index contributed by atoms with van der Waals surface area (Å²) < 4.78 is 0. The van der Waals surface area contributed by atoms with Gasteiger partial charge in [-0.1, -0.05) is 67.3 Å². The summed E-state index contributed by atoms with van der Waals surface area (Å²) >= 11 is 0. The molecule has 0 aliphatic carbocycles. The van der Waals surface area contributed by atoms with E-state index in [4.69, 9.17) is 0 Å². The van der Waals surface area contributed by atoms with Gasteiger partial charge in [-0.05, 0) is 25.5 Å². The Morgan fingerprint density at radius 2 is 1.54 bits per heavy atom. The minimum absolute atomic E-state index is 0.0320. The minimum Gasteiger partial charge on any atom is -0.300 e. The fourth-order valence-electron chi connectivity index (χ4n) is 2.44. The maximum atomic E-state index is 13.0. The van der Waals surface area contributed by atoms with Crippen LogP contribution in [0, 0.1) is 17.3 Å². The van der Waals surface area contributed by atoms with Gasteiger partial charge in [-0.2, -0.15) is 0 Å². The molecule has 0 bridgehead atoms. The zero-order valence-electron chi connectivity index (χ0n) is 14.2. The van der Waals surface area contributed by atoms with Crippen LogP contribution in [0.5, 0.6) is 0 Å². The second-order valence-corrected chi connectivity index (χ2v) is 6.04. The summed E-state index contributed by atoms with van der Waals surface area (Å²) in [5.74, 6) is 6.36. The monoisotopic (exact) mass is 318 g/mol. The highest BCUT2D eigenvalue weighted by Gasteiger charge is 2.32. The Labute approximate surface area is 143 Å². The van der Waals surface area contributed by atoms with Crippen molar-refractivity contribution in [3.63, 3.8) is 0 Å². The quantitative estimate of drug-likeness (QED) is 0.572. The molecule has 2 aromatic carbocycles. The second-order valence-electron chi connectivity index (χ2n) is 6.04. The molecule has 2 nitrogen and oxygen atoms in total. The summed E-state index contributed by atoms with van der Waals surface area (Å²) in [5.41, 5.74) is 0.625. The Balaban J connectivity index is 2.32. The van der Waals surface area contributed by atoms with Gasteiger partial charge >= 0.3 is 0 Å². The normalized spacial score (nSPS) is 12.6. The van der Waals surface area contributed by atoms with Crippen molar-refractivity contribution in [3.8, 4) is 11.8 Å². The molecule has 0 aromatic heterocycles. The molecule has 0 saturated carbocycles. The number of carbonyl (C=O) groups excluding carboxylic acids is 2. The molecule has 0 N–H and O–H groups in total. The van der Waals surface area contributed by atoms with Gasteiger partial charge in [-0.3, -0.25) is 9.59 Å². The summed E-state index contributed by atoms with van der Waals surface area (Å²) in [6.07, 6.45) is 1.30. The Morgan fingerprint density at radius 1 is 0.958 bits per heavy atom. The molecule has 2 heteroatoms. The van der Waals surface area contributed by atoms with Crippen LogP contribution < -0.4 is 0 Å². The van der Waals surface area contributed by atoms with Gasteiger partial charge < -0.3 is 0 Å². The van der Waals surface area contributed by atoms with E-state index in [1.165, 1.54) is 0 Å². The lowest BCUT2D eigenvalue weighted by molar-refractivity contribution is -0.119. The number of ketones is 2. The molecule has 24 heavy (non-hydrogen) atoms. The standard InChI is InChI=1S/C22H22O2/c1-3-20(23)15-17-22(2,16-14-18-10-6-4-7-11-18)21(24)19-12-8-5-9-13-19/h4-13H,3,15,17H2,1-2H3. The molecule has 0 amide bonds. The van der Waals surface area contributed by atoms with Crippen LogP contribution >= 0.6 is 0 Å². The fraction of sp³-hybridized carbons (Fsp3) is 0.273. The molecule has 0 heterocycles. The molecule has 122 valence electrons. The first-order valence-corrected chi connectivity index (χ1v) is 8.25. The number of benzene rings is 2. The van der Waals surface area contributed by atoms with Gasteiger partial charge in [0.25, 0.3) is 0 Å². The van der Waals surface area contributed by atoms with E-state index in [0.717, 1.165) is 5.56 Å². The van der Waals surface area contributed by atoms with Crippen LogP contribution in [0.25, 0.3) is 0 Å². The lowest BCUT2D eigenvalue weighted by Crippen LogP contribution is -2.27. The number of hydrogen-bond donors (Lipinski definition) is 0. The van der Waals surface area contributed by atoms with Gasteiger partial charge in [-0.15, -0.1) is 0 Å². The predicted molar refractivity (Wildman–Crippen MR) is 96.7 cm³/mol. The summed E-state index contributed by atoms with van der Waals surface area (Å²) in [5, 5.41) is 0. The van der Waals surface area contributed by atoms with Crippen molar-refractivity contribution in [3.05, 3.63) is 71.8 Å². The smallest absolute Gasteiger partial charge is 0.180 e. The summed E-state index contributed by atoms with van der Waals surface area (Å²) in [6, 6.07) is 18.8. The molecule has 0 saturated heterocycles. The molecule has 1 unspecified atom stereocenters. The second kappa shape index (κ2) is 8.26. The molecule has 2 rings (SSSR count). The Morgan fingerprint density at radius 3 is 2.12 bits per heavy atom. The highest BCUT2D eigenvalue weighted by molar-refractivity contribution is 6.02. The van der Waals surface area contributed by atoms with Crippen molar-refractivity contribution in [1.29, 1.82) is 0 Å². The SMILES string of the molecule is CCC(=O)CCC(C)(C#Cc1ccccc1)C(=O)c1ccccc1. The zero-order valence-corrected chi connectivity index (χ0v) is 14.2. The van der Waals surface area contributed by atoms with E-state index in [-0.39, 0.29) is 11.6 Å². The van der Waals surface area contributed by atoms with E-state index in [0.29, 0.717) is 24.8 Å². The first-order chi connectivity index (χ1) is 11.5. The molecule has 0 aliphatic heterocycles. The van der Waals surface area contributed by atoms with Crippen molar-refractivity contribution in [2.45, 2.75) is 33.1 Å². The highest BCUT2D eigenvalue weighted by atomic mass is 16.1. The van der Waals surface area contributed by atoms with E-state index in [9.17, 15) is 9.59 Å². The molecular formula is C22H22O2. The topological polar surface area (TPSA) is 34.1 Å². The van der Waals surface area contributed by atoms with Crippen molar-refractivity contribution >= 4 is 11.6 Å². The molecule has 1 atom stereocenters. The van der Waals surface area contributed by atoms with Crippen LogP contribution in [0.4, 0.5) is 0 Å². The maximum Gasteiger partial charge on any atom is 0.180 e. The number of carbonyl (C=O) groups is 2. The van der Waals surface area contributed by atoms with Crippen molar-refractivity contribution in [1.82, 2.24) is 0 Å². The third-order valence-corrected chi connectivity index (χ3v) is 4.09. The Hall–Kier alpha value is -2.66. The van der Waals surface area contributed by atoms with Gasteiger partial charge in [0.15, 0.2) is 5.78 Å². The summed E-state index contributed by atoms with van der Waals surface area (Å²) in [4.78, 5) is 24.7. The van der Waals surface area contributed by atoms with E-state index < -0.39 is 5.41 Å². The molecule has 0 aliphatic rings. The van der Waals surface area contributed by atoms with Gasteiger partial charge in [0, 0.05) is 24.0 Å². The Bertz CT molecular complexity index is 751. The van der Waals surface area contributed by atoms with Crippen LogP contribution in [0.2, 0.25) is 0 Å². The zero-order chi connectivity index (χ0) is 17.4. The summed E-state index contributed by atoms with van der Waals surface area (Å²) in [6.45, 7) is 3.68. The van der Waals surface area contributed by atoms with Gasteiger partial charge in [0.1, 0.15) is 5.78 Å². The average molecular weight is 318 g/mol. The van der Waals surface area contributed by atoms with Gasteiger partial charge in [0.2, 0.25) is 0 Å². The first kappa shape index (κ1) is 17.7. The predicted octanol–water partition coefficient (Wildman–Crippen LogP) is 4.69. The van der Waals surface area contributed by atoms with Crippen molar-refractivity contribution in [2.24, 2.45) is 5.41 Å². The van der Waals surface area contributed by atoms with Crippen LogP contribution in [-0.2, 0) is 4.79 Å². The molecule has 0 fully saturated rings. The highest BCUT2D eigenvalue weighted by Crippen LogP contribution is 2.28. The molecule has 0 spiro atoms. The number of hydrogen-bond acceptors (Lipinski definition) is 2. The fourth-order valence-corrected chi connectivity index (χ4v) is 2.44. The minimum atomic E-state index is -0.873. The third-order valence-electron chi connectivity index (χ3n) is 4.09. The van der Waals surface area contributed by atoms with Gasteiger partial charge in [0.05, 0.1) is 5.41 Å². The first-order valence-electron chi connectivity index (χ1n) is 8.25. The third kappa shape index (κ3) is 4.67. The van der Waals surface area contributed by atoms with E-state index in [2.05, 4.69) is 11.8 Å². The van der Waals surface area contributed by atoms with E-state index >= 15 is 0 Å². The van der Waals surface area contributed by atoms with Crippen LogP contribution in [-0.4, -0.2) is 11.6 Å². The molecule has 0 radical (unpaired) electrons. The maximum absolute atomic E-state index is 13.0. The number of rotatable bonds is 6. The van der Waals surface area contributed by atoms with Crippen molar-refractivity contribution in [2.75, 3.05) is 0 Å².